The number of aryl methyl sites for hydroxylation is 1. The Bertz CT molecular complexity index is 657. The fourth-order valence-electron chi connectivity index (χ4n) is 2.52. The van der Waals surface area contributed by atoms with Crippen molar-refractivity contribution in [2.24, 2.45) is 0 Å². The Kier molecular flexibility index (Phi) is 2.81. The molecule has 0 saturated heterocycles. The highest BCUT2D eigenvalue weighted by Crippen LogP contribution is 2.34. The summed E-state index contributed by atoms with van der Waals surface area (Å²) in [5.74, 6) is 0.698. The molecule has 1 aromatic heterocycles. The van der Waals surface area contributed by atoms with Crippen molar-refractivity contribution in [3.63, 3.8) is 0 Å². The van der Waals surface area contributed by atoms with E-state index in [1.807, 2.05) is 12.1 Å². The summed E-state index contributed by atoms with van der Waals surface area (Å²) in [7, 11) is 0. The third-order valence-corrected chi connectivity index (χ3v) is 3.37. The Morgan fingerprint density at radius 3 is 3.00 bits per heavy atom. The average molecular weight is 250 g/mol. The second-order valence-corrected chi connectivity index (χ2v) is 4.64. The van der Waals surface area contributed by atoms with E-state index >= 15 is 0 Å². The van der Waals surface area contributed by atoms with Crippen molar-refractivity contribution in [3.05, 3.63) is 47.7 Å². The van der Waals surface area contributed by atoms with E-state index in [1.165, 1.54) is 5.56 Å². The third kappa shape index (κ3) is 2.00. The highest BCUT2D eigenvalue weighted by molar-refractivity contribution is 5.70. The van der Waals surface area contributed by atoms with Crippen LogP contribution < -0.4 is 10.6 Å². The fraction of sp³-hybridized carbons (Fsp3) is 0.200. The summed E-state index contributed by atoms with van der Waals surface area (Å²) in [5.41, 5.74) is 9.18. The van der Waals surface area contributed by atoms with Crippen LogP contribution in [0.2, 0.25) is 0 Å². The summed E-state index contributed by atoms with van der Waals surface area (Å²) in [4.78, 5) is 6.46. The molecule has 4 nitrogen and oxygen atoms in total. The number of nitrogens with zero attached hydrogens (tertiary/aromatic N) is 3. The van der Waals surface area contributed by atoms with E-state index in [-0.39, 0.29) is 0 Å². The zero-order valence-electron chi connectivity index (χ0n) is 10.5. The molecule has 4 heteroatoms. The number of fused-ring (bicyclic) bond motifs is 1. The molecule has 0 fully saturated rings. The van der Waals surface area contributed by atoms with Crippen LogP contribution >= 0.6 is 0 Å². The van der Waals surface area contributed by atoms with Gasteiger partial charge in [-0.3, -0.25) is 0 Å². The van der Waals surface area contributed by atoms with Gasteiger partial charge in [-0.15, -0.1) is 0 Å². The van der Waals surface area contributed by atoms with Crippen LogP contribution in [-0.4, -0.2) is 11.5 Å². The Morgan fingerprint density at radius 2 is 2.16 bits per heavy atom. The lowest BCUT2D eigenvalue weighted by atomic mass is 10.0. The SMILES string of the molecule is N#Cc1cc(N)cnc1N1CCCc2ccccc21. The standard InChI is InChI=1S/C15H14N4/c16-9-12-8-13(17)10-18-15(12)19-7-3-5-11-4-1-2-6-14(11)19/h1-2,4,6,8,10H,3,5,7,17H2. The predicted molar refractivity (Wildman–Crippen MR) is 75.1 cm³/mol. The van der Waals surface area contributed by atoms with E-state index in [4.69, 9.17) is 5.73 Å². The van der Waals surface area contributed by atoms with E-state index in [2.05, 4.69) is 28.1 Å². The van der Waals surface area contributed by atoms with Gasteiger partial charge in [0.25, 0.3) is 0 Å². The lowest BCUT2D eigenvalue weighted by Crippen LogP contribution is -2.26. The first-order chi connectivity index (χ1) is 9.29. The van der Waals surface area contributed by atoms with Gasteiger partial charge in [0.1, 0.15) is 6.07 Å². The van der Waals surface area contributed by atoms with Crippen LogP contribution in [0.15, 0.2) is 36.5 Å². The molecule has 0 spiro atoms. The van der Waals surface area contributed by atoms with Crippen LogP contribution in [0.5, 0.6) is 0 Å². The lowest BCUT2D eigenvalue weighted by molar-refractivity contribution is 0.759. The van der Waals surface area contributed by atoms with Gasteiger partial charge in [0, 0.05) is 12.2 Å². The molecular formula is C15H14N4. The molecule has 1 aliphatic rings. The maximum atomic E-state index is 9.25. The van der Waals surface area contributed by atoms with Gasteiger partial charge >= 0.3 is 0 Å². The number of pyridine rings is 1. The number of hydrogen-bond donors (Lipinski definition) is 1. The molecule has 2 heterocycles. The summed E-state index contributed by atoms with van der Waals surface area (Å²) >= 11 is 0. The monoisotopic (exact) mass is 250 g/mol. The van der Waals surface area contributed by atoms with Crippen LogP contribution in [-0.2, 0) is 6.42 Å². The third-order valence-electron chi connectivity index (χ3n) is 3.37. The van der Waals surface area contributed by atoms with Crippen molar-refractivity contribution in [1.82, 2.24) is 4.98 Å². The van der Waals surface area contributed by atoms with Gasteiger partial charge in [0.05, 0.1) is 17.4 Å². The topological polar surface area (TPSA) is 65.9 Å². The highest BCUT2D eigenvalue weighted by atomic mass is 15.2. The predicted octanol–water partition coefficient (Wildman–Crippen LogP) is 2.62. The van der Waals surface area contributed by atoms with E-state index in [0.29, 0.717) is 17.1 Å². The van der Waals surface area contributed by atoms with Crippen LogP contribution in [0.4, 0.5) is 17.2 Å². The number of nitrogen functional groups attached to an aromatic ring is 1. The van der Waals surface area contributed by atoms with Crippen molar-refractivity contribution in [2.45, 2.75) is 12.8 Å². The molecule has 3 rings (SSSR count). The Morgan fingerprint density at radius 1 is 1.32 bits per heavy atom. The van der Waals surface area contributed by atoms with Gasteiger partial charge < -0.3 is 10.6 Å². The van der Waals surface area contributed by atoms with Crippen LogP contribution in [0, 0.1) is 11.3 Å². The number of hydrogen-bond acceptors (Lipinski definition) is 4. The second kappa shape index (κ2) is 4.62. The Hall–Kier alpha value is -2.54. The molecule has 0 radical (unpaired) electrons. The summed E-state index contributed by atoms with van der Waals surface area (Å²) in [6.07, 6.45) is 3.74. The molecule has 94 valence electrons. The number of para-hydroxylation sites is 1. The Labute approximate surface area is 112 Å². The van der Waals surface area contributed by atoms with Crippen molar-refractivity contribution in [3.8, 4) is 6.07 Å². The summed E-state index contributed by atoms with van der Waals surface area (Å²) < 4.78 is 0. The van der Waals surface area contributed by atoms with Crippen LogP contribution in [0.3, 0.4) is 0 Å². The Balaban J connectivity index is 2.12. The zero-order valence-corrected chi connectivity index (χ0v) is 10.5. The van der Waals surface area contributed by atoms with Gasteiger partial charge in [-0.1, -0.05) is 18.2 Å². The molecule has 1 aliphatic heterocycles. The first-order valence-corrected chi connectivity index (χ1v) is 6.30. The molecule has 0 saturated carbocycles. The quantitative estimate of drug-likeness (QED) is 0.844. The van der Waals surface area contributed by atoms with Gasteiger partial charge in [-0.05, 0) is 30.5 Å². The summed E-state index contributed by atoms with van der Waals surface area (Å²) in [5, 5.41) is 9.25. The summed E-state index contributed by atoms with van der Waals surface area (Å²) in [6, 6.07) is 12.1. The molecule has 1 aromatic carbocycles. The minimum atomic E-state index is 0.519. The van der Waals surface area contributed by atoms with Crippen molar-refractivity contribution >= 4 is 17.2 Å². The lowest BCUT2D eigenvalue weighted by Gasteiger charge is -2.30. The second-order valence-electron chi connectivity index (χ2n) is 4.64. The largest absolute Gasteiger partial charge is 0.397 e. The molecule has 0 unspecified atom stereocenters. The van der Waals surface area contributed by atoms with E-state index in [9.17, 15) is 5.26 Å². The molecule has 2 aromatic rings. The molecule has 2 N–H and O–H groups in total. The van der Waals surface area contributed by atoms with Crippen molar-refractivity contribution in [1.29, 1.82) is 5.26 Å². The van der Waals surface area contributed by atoms with E-state index in [1.54, 1.807) is 12.3 Å². The van der Waals surface area contributed by atoms with Gasteiger partial charge in [0.2, 0.25) is 0 Å². The number of rotatable bonds is 1. The first kappa shape index (κ1) is 11.5. The van der Waals surface area contributed by atoms with Crippen LogP contribution in [0.25, 0.3) is 0 Å². The first-order valence-electron chi connectivity index (χ1n) is 6.30. The number of aromatic nitrogens is 1. The van der Waals surface area contributed by atoms with Gasteiger partial charge in [-0.2, -0.15) is 5.26 Å². The number of benzene rings is 1. The minimum Gasteiger partial charge on any atom is -0.397 e. The van der Waals surface area contributed by atoms with Crippen molar-refractivity contribution < 1.29 is 0 Å². The number of nitrogens with two attached hydrogens (primary N) is 1. The van der Waals surface area contributed by atoms with Crippen LogP contribution in [0.1, 0.15) is 17.5 Å². The van der Waals surface area contributed by atoms with Crippen molar-refractivity contribution in [2.75, 3.05) is 17.2 Å². The number of nitriles is 1. The zero-order chi connectivity index (χ0) is 13.2. The minimum absolute atomic E-state index is 0.519. The molecule has 19 heavy (non-hydrogen) atoms. The maximum absolute atomic E-state index is 9.25. The molecule has 0 aliphatic carbocycles. The normalized spacial score (nSPS) is 13.7. The van der Waals surface area contributed by atoms with E-state index < -0.39 is 0 Å². The average Bonchev–Trinajstić information content (AvgIpc) is 2.46. The van der Waals surface area contributed by atoms with E-state index in [0.717, 1.165) is 25.1 Å². The smallest absolute Gasteiger partial charge is 0.151 e. The highest BCUT2D eigenvalue weighted by Gasteiger charge is 2.21. The fourth-order valence-corrected chi connectivity index (χ4v) is 2.52. The molecular weight excluding hydrogens is 236 g/mol. The summed E-state index contributed by atoms with van der Waals surface area (Å²) in [6.45, 7) is 0.878. The van der Waals surface area contributed by atoms with Gasteiger partial charge in [0.15, 0.2) is 5.82 Å². The molecule has 0 bridgehead atoms. The molecule has 0 amide bonds. The number of anilines is 3. The molecule has 0 atom stereocenters. The maximum Gasteiger partial charge on any atom is 0.151 e. The van der Waals surface area contributed by atoms with Gasteiger partial charge in [-0.25, -0.2) is 4.98 Å².